The Morgan fingerprint density at radius 1 is 1.23 bits per heavy atom. The maximum atomic E-state index is 12.5. The van der Waals surface area contributed by atoms with Crippen LogP contribution in [0.3, 0.4) is 0 Å². The zero-order chi connectivity index (χ0) is 18.7. The predicted molar refractivity (Wildman–Crippen MR) is 102 cm³/mol. The van der Waals surface area contributed by atoms with Gasteiger partial charge < -0.3 is 25.5 Å². The second kappa shape index (κ2) is 7.70. The molecule has 138 valence electrons. The van der Waals surface area contributed by atoms with Gasteiger partial charge in [0.05, 0.1) is 18.4 Å². The summed E-state index contributed by atoms with van der Waals surface area (Å²) >= 11 is 6.12. The fraction of sp³-hybridized carbons (Fsp3) is 0.333. The molecule has 0 bridgehead atoms. The third kappa shape index (κ3) is 3.77. The van der Waals surface area contributed by atoms with Crippen LogP contribution in [0, 0.1) is 0 Å². The molecule has 1 aliphatic heterocycles. The Hall–Kier alpha value is -2.67. The van der Waals surface area contributed by atoms with Crippen LogP contribution in [0.4, 0.5) is 5.69 Å². The number of nitrogens with two attached hydrogens (primary N) is 2. The van der Waals surface area contributed by atoms with E-state index in [1.54, 1.807) is 25.3 Å². The molecule has 1 saturated heterocycles. The van der Waals surface area contributed by atoms with Crippen molar-refractivity contribution in [1.82, 2.24) is 0 Å². The molecule has 1 aromatic heterocycles. The maximum Gasteiger partial charge on any atom is 0.318 e. The zero-order valence-corrected chi connectivity index (χ0v) is 15.3. The predicted octanol–water partition coefficient (Wildman–Crippen LogP) is 3.01. The molecule has 0 aliphatic carbocycles. The molecule has 8 heteroatoms. The number of hydrogen-bond donors (Lipinski definition) is 2. The molecule has 0 radical (unpaired) electrons. The van der Waals surface area contributed by atoms with Crippen LogP contribution in [0.15, 0.2) is 33.7 Å². The van der Waals surface area contributed by atoms with Crippen LogP contribution in [-0.4, -0.2) is 32.1 Å². The van der Waals surface area contributed by atoms with Crippen LogP contribution in [0.5, 0.6) is 5.75 Å². The molecule has 1 amide bonds. The average molecular weight is 377 g/mol. The number of carbonyl (C=O) groups is 1. The number of guanidine groups is 1. The van der Waals surface area contributed by atoms with Crippen LogP contribution in [0.2, 0.25) is 5.02 Å². The van der Waals surface area contributed by atoms with Crippen LogP contribution in [0.25, 0.3) is 11.3 Å². The Balaban J connectivity index is 2.10. The highest BCUT2D eigenvalue weighted by Gasteiger charge is 2.25. The summed E-state index contributed by atoms with van der Waals surface area (Å²) in [5.41, 5.74) is 12.0. The van der Waals surface area contributed by atoms with Gasteiger partial charge in [-0.15, -0.1) is 0 Å². The fourth-order valence-electron chi connectivity index (χ4n) is 3.08. The molecule has 3 rings (SSSR count). The minimum atomic E-state index is -0.613. The second-order valence-electron chi connectivity index (χ2n) is 6.06. The lowest BCUT2D eigenvalue weighted by molar-refractivity contribution is 0.0977. The van der Waals surface area contributed by atoms with Gasteiger partial charge in [-0.25, -0.2) is 0 Å². The van der Waals surface area contributed by atoms with E-state index in [4.69, 9.17) is 32.2 Å². The summed E-state index contributed by atoms with van der Waals surface area (Å²) < 4.78 is 11.3. The quantitative estimate of drug-likeness (QED) is 0.627. The van der Waals surface area contributed by atoms with Crippen molar-refractivity contribution in [1.29, 1.82) is 0 Å². The van der Waals surface area contributed by atoms with Gasteiger partial charge in [0.1, 0.15) is 11.5 Å². The number of furan rings is 1. The maximum absolute atomic E-state index is 12.5. The summed E-state index contributed by atoms with van der Waals surface area (Å²) in [4.78, 5) is 18.2. The molecule has 2 aromatic rings. The number of benzene rings is 1. The van der Waals surface area contributed by atoms with E-state index in [9.17, 15) is 4.79 Å². The van der Waals surface area contributed by atoms with Crippen LogP contribution < -0.4 is 21.1 Å². The molecule has 0 spiro atoms. The van der Waals surface area contributed by atoms with E-state index in [1.807, 2.05) is 6.07 Å². The van der Waals surface area contributed by atoms with Crippen molar-refractivity contribution in [3.8, 4) is 17.1 Å². The minimum absolute atomic E-state index is 0.109. The lowest BCUT2D eigenvalue weighted by Crippen LogP contribution is -2.30. The van der Waals surface area contributed by atoms with Gasteiger partial charge in [0.2, 0.25) is 5.76 Å². The summed E-state index contributed by atoms with van der Waals surface area (Å²) in [5, 5.41) is 0.536. The SMILES string of the molecule is COc1ccc(Cl)cc1-c1cc(N2CCCCC2)c(C(=O)N=C(N)N)o1. The van der Waals surface area contributed by atoms with Crippen molar-refractivity contribution in [2.24, 2.45) is 16.5 Å². The van der Waals surface area contributed by atoms with Gasteiger partial charge in [-0.2, -0.15) is 4.99 Å². The molecule has 7 nitrogen and oxygen atoms in total. The van der Waals surface area contributed by atoms with E-state index in [0.29, 0.717) is 27.8 Å². The molecule has 4 N–H and O–H groups in total. The van der Waals surface area contributed by atoms with Crippen molar-refractivity contribution in [2.75, 3.05) is 25.1 Å². The van der Waals surface area contributed by atoms with E-state index < -0.39 is 5.91 Å². The lowest BCUT2D eigenvalue weighted by Gasteiger charge is -2.27. The van der Waals surface area contributed by atoms with E-state index in [1.165, 1.54) is 6.42 Å². The summed E-state index contributed by atoms with van der Waals surface area (Å²) in [6.07, 6.45) is 3.27. The Labute approximate surface area is 156 Å². The summed E-state index contributed by atoms with van der Waals surface area (Å²) in [7, 11) is 1.56. The molecule has 1 fully saturated rings. The molecule has 0 unspecified atom stereocenters. The number of nitrogens with zero attached hydrogens (tertiary/aromatic N) is 2. The standard InChI is InChI=1S/C18H21ClN4O3/c1-25-14-6-5-11(19)9-12(14)15-10-13(23-7-3-2-4-8-23)16(26-15)17(24)22-18(20)21/h5-6,9-10H,2-4,7-8H2,1H3,(H4,20,21,22,24). The number of piperidine rings is 1. The molecule has 1 aliphatic rings. The molecule has 1 aromatic carbocycles. The molecular weight excluding hydrogens is 356 g/mol. The molecule has 0 atom stereocenters. The van der Waals surface area contributed by atoms with Crippen molar-refractivity contribution >= 4 is 29.2 Å². The Morgan fingerprint density at radius 3 is 2.62 bits per heavy atom. The first-order valence-corrected chi connectivity index (χ1v) is 8.74. The number of hydrogen-bond acceptors (Lipinski definition) is 4. The smallest absolute Gasteiger partial charge is 0.318 e. The highest BCUT2D eigenvalue weighted by atomic mass is 35.5. The first-order valence-electron chi connectivity index (χ1n) is 8.36. The number of amides is 1. The third-order valence-electron chi connectivity index (χ3n) is 4.26. The van der Waals surface area contributed by atoms with Gasteiger partial charge in [-0.1, -0.05) is 11.6 Å². The zero-order valence-electron chi connectivity index (χ0n) is 14.5. The number of ether oxygens (including phenoxy) is 1. The first-order chi connectivity index (χ1) is 12.5. The lowest BCUT2D eigenvalue weighted by atomic mass is 10.1. The van der Waals surface area contributed by atoms with Gasteiger partial charge in [-0.3, -0.25) is 4.79 Å². The van der Waals surface area contributed by atoms with Gasteiger partial charge in [0.25, 0.3) is 0 Å². The van der Waals surface area contributed by atoms with Gasteiger partial charge >= 0.3 is 5.91 Å². The monoisotopic (exact) mass is 376 g/mol. The van der Waals surface area contributed by atoms with Crippen LogP contribution in [0.1, 0.15) is 29.8 Å². The number of halogens is 1. The van der Waals surface area contributed by atoms with E-state index in [-0.39, 0.29) is 11.7 Å². The molecule has 0 saturated carbocycles. The van der Waals surface area contributed by atoms with Crippen LogP contribution >= 0.6 is 11.6 Å². The molecule has 2 heterocycles. The molecule has 26 heavy (non-hydrogen) atoms. The van der Waals surface area contributed by atoms with E-state index in [0.717, 1.165) is 25.9 Å². The second-order valence-corrected chi connectivity index (χ2v) is 6.50. The third-order valence-corrected chi connectivity index (χ3v) is 4.50. The number of rotatable bonds is 4. The van der Waals surface area contributed by atoms with Crippen molar-refractivity contribution in [3.63, 3.8) is 0 Å². The van der Waals surface area contributed by atoms with Crippen LogP contribution in [-0.2, 0) is 0 Å². The topological polar surface area (TPSA) is 107 Å². The van der Waals surface area contributed by atoms with Crippen molar-refractivity contribution in [3.05, 3.63) is 35.0 Å². The molecular formula is C18H21ClN4O3. The van der Waals surface area contributed by atoms with Crippen molar-refractivity contribution in [2.45, 2.75) is 19.3 Å². The van der Waals surface area contributed by atoms with Gasteiger partial charge in [0, 0.05) is 24.2 Å². The Bertz CT molecular complexity index is 837. The number of anilines is 1. The Kier molecular flexibility index (Phi) is 5.37. The summed E-state index contributed by atoms with van der Waals surface area (Å²) in [5.74, 6) is 0.251. The van der Waals surface area contributed by atoms with Gasteiger partial charge in [-0.05, 0) is 37.5 Å². The Morgan fingerprint density at radius 2 is 1.96 bits per heavy atom. The normalized spacial score (nSPS) is 14.2. The number of aliphatic imine (C=N–C) groups is 1. The van der Waals surface area contributed by atoms with Crippen molar-refractivity contribution < 1.29 is 13.9 Å². The van der Waals surface area contributed by atoms with E-state index in [2.05, 4.69) is 9.89 Å². The minimum Gasteiger partial charge on any atom is -0.496 e. The summed E-state index contributed by atoms with van der Waals surface area (Å²) in [6.45, 7) is 1.68. The number of methoxy groups -OCH3 is 1. The highest BCUT2D eigenvalue weighted by molar-refractivity contribution is 6.31. The number of carbonyl (C=O) groups excluding carboxylic acids is 1. The largest absolute Gasteiger partial charge is 0.496 e. The van der Waals surface area contributed by atoms with Gasteiger partial charge in [0.15, 0.2) is 5.96 Å². The van der Waals surface area contributed by atoms with E-state index >= 15 is 0 Å². The average Bonchev–Trinajstić information content (AvgIpc) is 3.07. The first kappa shape index (κ1) is 18.1. The fourth-order valence-corrected chi connectivity index (χ4v) is 3.25. The highest BCUT2D eigenvalue weighted by Crippen LogP contribution is 2.38. The summed E-state index contributed by atoms with van der Waals surface area (Å²) in [6, 6.07) is 7.02.